The Morgan fingerprint density at radius 3 is 0.923 bits per heavy atom. The molecule has 150 valence electrons. The molecule has 0 aliphatic carbocycles. The van der Waals surface area contributed by atoms with Crippen molar-refractivity contribution in [2.75, 3.05) is 0 Å². The average molecular weight is 428 g/mol. The molecule has 26 heavy (non-hydrogen) atoms. The molecule has 0 aromatic rings. The normalized spacial score (nSPS) is 27.5. The molecule has 0 saturated heterocycles. The molecule has 0 saturated carbocycles. The van der Waals surface area contributed by atoms with Gasteiger partial charge < -0.3 is 42.7 Å². The van der Waals surface area contributed by atoms with Crippen molar-refractivity contribution in [3.8, 4) is 0 Å². The number of hydrogen-bond donors (Lipinski definition) is 0. The summed E-state index contributed by atoms with van der Waals surface area (Å²) < 4.78 is 68.5. The zero-order chi connectivity index (χ0) is 19.7. The fourth-order valence-corrected chi connectivity index (χ4v) is 0.864. The Labute approximate surface area is 159 Å². The van der Waals surface area contributed by atoms with Gasteiger partial charge in [-0.25, -0.2) is 0 Å². The predicted molar refractivity (Wildman–Crippen MR) is 88.4 cm³/mol. The molecule has 0 aromatic carbocycles. The Bertz CT molecular complexity index is 484. The number of rotatable bonds is 0. The first kappa shape index (κ1) is 26.5. The molecule has 0 radical (unpaired) electrons. The van der Waals surface area contributed by atoms with Crippen LogP contribution in [0.3, 0.4) is 0 Å². The summed E-state index contributed by atoms with van der Waals surface area (Å²) in [4.78, 5) is 0. The Hall–Kier alpha value is -1.76. The average Bonchev–Trinajstić information content (AvgIpc) is 2.53. The van der Waals surface area contributed by atoms with Crippen LogP contribution < -0.4 is 0 Å². The van der Waals surface area contributed by atoms with Crippen molar-refractivity contribution in [1.82, 2.24) is 0 Å². The summed E-state index contributed by atoms with van der Waals surface area (Å²) in [7, 11) is -9.71. The van der Waals surface area contributed by atoms with Crippen LogP contribution in [0.1, 0.15) is 41.5 Å². The first-order chi connectivity index (χ1) is 11.4. The predicted octanol–water partition coefficient (Wildman–Crippen LogP) is 3.55. The summed E-state index contributed by atoms with van der Waals surface area (Å²) in [6, 6.07) is 0. The quantitative estimate of drug-likeness (QED) is 0.336. The van der Waals surface area contributed by atoms with Crippen LogP contribution in [0.4, 0.5) is 17.3 Å². The second-order valence-corrected chi connectivity index (χ2v) is 4.78. The zero-order valence-electron chi connectivity index (χ0n) is 15.0. The van der Waals surface area contributed by atoms with Crippen LogP contribution in [0.15, 0.2) is 20.6 Å². The van der Waals surface area contributed by atoms with E-state index < -0.39 is 14.2 Å². The standard InChI is InChI=1S/C8H12B2F4N4O4.C3H7.Co/c1-5-6(2)16-20-10(13,14)22-18-8(4)7(3)17-21-9(11,12)19-15-5;1-3-2;/h1-4H3;3H,1-2H3;/q-2;-1;+3/b15-5+,16-6+,17-7+,18-8+;;. The third-order valence-corrected chi connectivity index (χ3v) is 2.30. The molecule has 8 nitrogen and oxygen atoms in total. The van der Waals surface area contributed by atoms with E-state index in [-0.39, 0.29) is 39.6 Å². The van der Waals surface area contributed by atoms with E-state index in [1.807, 2.05) is 20.3 Å². The molecule has 1 aliphatic heterocycles. The first-order valence-corrected chi connectivity index (χ1v) is 7.10. The third-order valence-electron chi connectivity index (χ3n) is 2.30. The van der Waals surface area contributed by atoms with Crippen molar-refractivity contribution < 1.29 is 53.1 Å². The summed E-state index contributed by atoms with van der Waals surface area (Å²) in [5, 5.41) is 12.1. The summed E-state index contributed by atoms with van der Waals surface area (Å²) in [5.74, 6) is 0. The van der Waals surface area contributed by atoms with Crippen LogP contribution in [-0.4, -0.2) is 37.1 Å². The van der Waals surface area contributed by atoms with Gasteiger partial charge in [0, 0.05) is 0 Å². The molecule has 0 unspecified atom stereocenters. The summed E-state index contributed by atoms with van der Waals surface area (Å²) >= 11 is 0. The molecule has 0 fully saturated rings. The molecular formula is C11H19B2CoF4N4O4. The molecule has 0 aromatic heterocycles. The maximum atomic E-state index is 13.2. The molecule has 15 heteroatoms. The van der Waals surface area contributed by atoms with E-state index in [1.54, 1.807) is 0 Å². The number of hydrogen-bond acceptors (Lipinski definition) is 8. The van der Waals surface area contributed by atoms with Gasteiger partial charge in [-0.1, -0.05) is 0 Å². The SMILES string of the molecule is CC1=N\O[B-](F)(F)O/N=C(C)/C(C)=N/O[B-](F)(F)O\N=C\1C.C[CH-]C.[Co+3]. The van der Waals surface area contributed by atoms with Gasteiger partial charge in [0.15, 0.2) is 0 Å². The van der Waals surface area contributed by atoms with Crippen molar-refractivity contribution >= 4 is 37.1 Å². The minimum absolute atomic E-state index is 0. The molecule has 1 heterocycles. The van der Waals surface area contributed by atoms with Gasteiger partial charge in [0.25, 0.3) is 0 Å². The molecule has 0 amide bonds. The van der Waals surface area contributed by atoms with Crippen LogP contribution in [0.2, 0.25) is 0 Å². The summed E-state index contributed by atoms with van der Waals surface area (Å²) in [6.45, 7) is 8.73. The second-order valence-electron chi connectivity index (χ2n) is 4.78. The summed E-state index contributed by atoms with van der Waals surface area (Å²) in [5.41, 5.74) is -0.966. The van der Waals surface area contributed by atoms with Gasteiger partial charge >= 0.3 is 31.0 Å². The molecule has 0 bridgehead atoms. The van der Waals surface area contributed by atoms with Crippen molar-refractivity contribution in [2.24, 2.45) is 20.6 Å². The second kappa shape index (κ2) is 11.8. The fourth-order valence-electron chi connectivity index (χ4n) is 0.864. The van der Waals surface area contributed by atoms with Crippen LogP contribution in [0, 0.1) is 6.42 Å². The monoisotopic (exact) mass is 428 g/mol. The molecule has 1 rings (SSSR count). The van der Waals surface area contributed by atoms with Gasteiger partial charge in [0.2, 0.25) is 0 Å². The Balaban J connectivity index is 0. The number of nitrogens with zero attached hydrogens (tertiary/aromatic N) is 4. The van der Waals surface area contributed by atoms with E-state index in [9.17, 15) is 17.3 Å². The topological polar surface area (TPSA) is 86.4 Å². The van der Waals surface area contributed by atoms with Gasteiger partial charge in [0.1, 0.15) is 0 Å². The largest absolute Gasteiger partial charge is 3.00 e. The molecular weight excluding hydrogens is 409 g/mol. The Morgan fingerprint density at radius 2 is 0.769 bits per heavy atom. The van der Waals surface area contributed by atoms with Crippen molar-refractivity contribution in [2.45, 2.75) is 41.5 Å². The van der Waals surface area contributed by atoms with Gasteiger partial charge in [-0.3, -0.25) is 0 Å². The number of oxime groups is 4. The molecule has 0 atom stereocenters. The number of halogens is 4. The maximum Gasteiger partial charge on any atom is 3.00 e. The van der Waals surface area contributed by atoms with Gasteiger partial charge in [-0.2, -0.15) is 13.8 Å². The maximum absolute atomic E-state index is 13.2. The van der Waals surface area contributed by atoms with Crippen LogP contribution in [-0.2, 0) is 35.8 Å². The van der Waals surface area contributed by atoms with E-state index in [0.29, 0.717) is 0 Å². The van der Waals surface area contributed by atoms with Crippen molar-refractivity contribution in [3.63, 3.8) is 0 Å². The summed E-state index contributed by atoms with van der Waals surface area (Å²) in [6.07, 6.45) is 2.00. The Morgan fingerprint density at radius 1 is 0.615 bits per heavy atom. The minimum Gasteiger partial charge on any atom is -0.519 e. The first-order valence-electron chi connectivity index (χ1n) is 7.10. The van der Waals surface area contributed by atoms with E-state index in [2.05, 4.69) is 39.6 Å². The fraction of sp³-hybridized carbons (Fsp3) is 0.545. The van der Waals surface area contributed by atoms with Crippen molar-refractivity contribution in [1.29, 1.82) is 0 Å². The smallest absolute Gasteiger partial charge is 0.519 e. The van der Waals surface area contributed by atoms with Gasteiger partial charge in [0.05, 0.1) is 22.8 Å². The molecule has 0 N–H and O–H groups in total. The van der Waals surface area contributed by atoms with Crippen LogP contribution in [0.5, 0.6) is 0 Å². The van der Waals surface area contributed by atoms with Gasteiger partial charge in [-0.05, 0) is 27.7 Å². The third kappa shape index (κ3) is 11.0. The van der Waals surface area contributed by atoms with Crippen LogP contribution in [0.25, 0.3) is 0 Å². The Kier molecular flexibility index (Phi) is 12.0. The van der Waals surface area contributed by atoms with Crippen LogP contribution >= 0.6 is 0 Å². The van der Waals surface area contributed by atoms with E-state index in [1.165, 1.54) is 27.7 Å². The molecule has 1 aliphatic rings. The van der Waals surface area contributed by atoms with Gasteiger partial charge in [-0.15, -0.1) is 20.6 Å². The minimum atomic E-state index is -4.85. The van der Waals surface area contributed by atoms with E-state index in [0.717, 1.165) is 0 Å². The van der Waals surface area contributed by atoms with E-state index >= 15 is 0 Å². The zero-order valence-corrected chi connectivity index (χ0v) is 16.0. The van der Waals surface area contributed by atoms with E-state index in [4.69, 9.17) is 0 Å². The molecule has 0 spiro atoms. The van der Waals surface area contributed by atoms with Crippen molar-refractivity contribution in [3.05, 3.63) is 6.42 Å².